The fourth-order valence-corrected chi connectivity index (χ4v) is 7.06. The first kappa shape index (κ1) is 54.2. The summed E-state index contributed by atoms with van der Waals surface area (Å²) < 4.78 is 32.8. The number of phosphoric acid groups is 1. The Hall–Kier alpha value is -1.81. The molecule has 0 aromatic rings. The van der Waals surface area contributed by atoms with E-state index in [2.05, 4.69) is 32.1 Å². The van der Waals surface area contributed by atoms with Crippen molar-refractivity contribution in [3.63, 3.8) is 0 Å². The van der Waals surface area contributed by atoms with Crippen LogP contribution in [0.4, 0.5) is 0 Å². The van der Waals surface area contributed by atoms with Crippen LogP contribution in [0.2, 0.25) is 0 Å². The average Bonchev–Trinajstić information content (AvgIpc) is 3.18. The van der Waals surface area contributed by atoms with E-state index in [4.69, 9.17) is 24.3 Å². The maximum absolute atomic E-state index is 12.6. The first-order valence-electron chi connectivity index (χ1n) is 22.6. The minimum Gasteiger partial charge on any atom is -0.462 e. The number of esters is 2. The second-order valence-corrected chi connectivity index (χ2v) is 16.6. The van der Waals surface area contributed by atoms with Crippen molar-refractivity contribution in [2.75, 3.05) is 26.4 Å². The molecule has 3 atom stereocenters. The second-order valence-electron chi connectivity index (χ2n) is 15.1. The maximum Gasteiger partial charge on any atom is 0.472 e. The fourth-order valence-electron chi connectivity index (χ4n) is 6.29. The number of ether oxygens (including phenoxy) is 2. The second kappa shape index (κ2) is 41.4. The van der Waals surface area contributed by atoms with E-state index in [0.29, 0.717) is 19.3 Å². The molecule has 0 bridgehead atoms. The lowest BCUT2D eigenvalue weighted by Crippen LogP contribution is -2.29. The van der Waals surface area contributed by atoms with Gasteiger partial charge in [0.2, 0.25) is 0 Å². The lowest BCUT2D eigenvalue weighted by atomic mass is 10.0. The van der Waals surface area contributed by atoms with Crippen LogP contribution in [0.15, 0.2) is 36.5 Å². The SMILES string of the molecule is CC/C=C/C/C=C/C=C/C(O)CCCCCCCC(=O)OC[C@H](COP(=O)(O)OCCN)OC(=O)CCCCCCCCCCCCCCCCCCCCC. The van der Waals surface area contributed by atoms with E-state index in [1.165, 1.54) is 96.3 Å². The van der Waals surface area contributed by atoms with Crippen LogP contribution in [-0.4, -0.2) is 60.5 Å². The molecule has 328 valence electrons. The third-order valence-electron chi connectivity index (χ3n) is 9.64. The first-order chi connectivity index (χ1) is 27.2. The van der Waals surface area contributed by atoms with Crippen molar-refractivity contribution in [3.8, 4) is 0 Å². The lowest BCUT2D eigenvalue weighted by molar-refractivity contribution is -0.161. The van der Waals surface area contributed by atoms with E-state index >= 15 is 0 Å². The molecule has 0 fully saturated rings. The Morgan fingerprint density at radius 1 is 0.625 bits per heavy atom. The summed E-state index contributed by atoms with van der Waals surface area (Å²) in [5, 5.41) is 10.1. The highest BCUT2D eigenvalue weighted by Gasteiger charge is 2.26. The molecule has 0 saturated heterocycles. The van der Waals surface area contributed by atoms with Gasteiger partial charge in [-0.1, -0.05) is 192 Å². The predicted molar refractivity (Wildman–Crippen MR) is 230 cm³/mol. The van der Waals surface area contributed by atoms with Gasteiger partial charge < -0.3 is 25.2 Å². The molecular weight excluding hydrogens is 729 g/mol. The van der Waals surface area contributed by atoms with E-state index in [9.17, 15) is 24.2 Å². The molecule has 0 aromatic heterocycles. The van der Waals surface area contributed by atoms with Crippen LogP contribution in [0.5, 0.6) is 0 Å². The zero-order valence-corrected chi connectivity index (χ0v) is 36.6. The molecule has 4 N–H and O–H groups in total. The number of aliphatic hydroxyl groups is 1. The Labute approximate surface area is 342 Å². The number of carbonyl (C=O) groups excluding carboxylic acids is 2. The Balaban J connectivity index is 4.17. The van der Waals surface area contributed by atoms with Crippen LogP contribution in [0.25, 0.3) is 0 Å². The van der Waals surface area contributed by atoms with Crippen molar-refractivity contribution in [2.45, 2.75) is 212 Å². The highest BCUT2D eigenvalue weighted by Crippen LogP contribution is 2.43. The topological polar surface area (TPSA) is 155 Å². The Morgan fingerprint density at radius 3 is 1.64 bits per heavy atom. The number of unbranched alkanes of at least 4 members (excludes halogenated alkanes) is 22. The Morgan fingerprint density at radius 2 is 1.12 bits per heavy atom. The lowest BCUT2D eigenvalue weighted by Gasteiger charge is -2.19. The van der Waals surface area contributed by atoms with Crippen LogP contribution < -0.4 is 5.73 Å². The molecule has 0 aromatic carbocycles. The summed E-state index contributed by atoms with van der Waals surface area (Å²) >= 11 is 0. The number of phosphoric ester groups is 1. The van der Waals surface area contributed by atoms with Gasteiger partial charge in [-0.2, -0.15) is 0 Å². The van der Waals surface area contributed by atoms with Gasteiger partial charge in [-0.25, -0.2) is 4.57 Å². The number of allylic oxidation sites excluding steroid dienone is 5. The zero-order chi connectivity index (χ0) is 41.2. The molecular formula is C45H84NO9P. The number of aliphatic hydroxyl groups excluding tert-OH is 1. The van der Waals surface area contributed by atoms with Crippen LogP contribution in [0.3, 0.4) is 0 Å². The average molecular weight is 814 g/mol. The molecule has 0 saturated carbocycles. The summed E-state index contributed by atoms with van der Waals surface area (Å²) in [6, 6.07) is 0. The van der Waals surface area contributed by atoms with Gasteiger partial charge in [0.1, 0.15) is 6.61 Å². The van der Waals surface area contributed by atoms with Gasteiger partial charge in [0.25, 0.3) is 0 Å². The van der Waals surface area contributed by atoms with Crippen molar-refractivity contribution in [1.29, 1.82) is 0 Å². The van der Waals surface area contributed by atoms with Crippen molar-refractivity contribution < 1.29 is 42.7 Å². The number of carbonyl (C=O) groups is 2. The first-order valence-corrected chi connectivity index (χ1v) is 24.1. The summed E-state index contributed by atoms with van der Waals surface area (Å²) in [4.78, 5) is 34.9. The third-order valence-corrected chi connectivity index (χ3v) is 10.6. The van der Waals surface area contributed by atoms with Gasteiger partial charge in [-0.15, -0.1) is 0 Å². The highest BCUT2D eigenvalue weighted by molar-refractivity contribution is 7.47. The number of hydrogen-bond donors (Lipinski definition) is 3. The van der Waals surface area contributed by atoms with E-state index in [1.54, 1.807) is 6.08 Å². The van der Waals surface area contributed by atoms with Crippen molar-refractivity contribution in [2.24, 2.45) is 5.73 Å². The molecule has 0 radical (unpaired) electrons. The summed E-state index contributed by atoms with van der Waals surface area (Å²) in [6.07, 6.45) is 42.0. The van der Waals surface area contributed by atoms with Crippen LogP contribution in [-0.2, 0) is 32.7 Å². The molecule has 0 aliphatic carbocycles. The molecule has 0 spiro atoms. The van der Waals surface area contributed by atoms with E-state index in [-0.39, 0.29) is 32.6 Å². The third kappa shape index (κ3) is 40.4. The normalized spacial score (nSPS) is 14.2. The van der Waals surface area contributed by atoms with Gasteiger partial charge in [0.15, 0.2) is 6.10 Å². The van der Waals surface area contributed by atoms with Gasteiger partial charge in [-0.3, -0.25) is 18.6 Å². The van der Waals surface area contributed by atoms with Crippen LogP contribution in [0.1, 0.15) is 200 Å². The standard InChI is InChI=1S/C45H84NO9P/c1-3-5-7-9-11-12-13-14-15-16-17-18-19-20-21-22-24-28-33-37-45(49)55-43(41-54-56(50,51)53-39-38-46)40-52-44(48)36-32-29-25-27-31-35-42(47)34-30-26-23-10-8-6-4-2/h6,8,23,26,30,34,42-43,47H,3-5,7,9-22,24-25,27-29,31-33,35-41,46H2,1-2H3,(H,50,51)/b8-6+,26-23+,34-30+/t42?,43-/m1/s1. The van der Waals surface area contributed by atoms with Crippen molar-refractivity contribution in [3.05, 3.63) is 36.5 Å². The quantitative estimate of drug-likeness (QED) is 0.0178. The smallest absolute Gasteiger partial charge is 0.462 e. The molecule has 56 heavy (non-hydrogen) atoms. The molecule has 0 aliphatic rings. The summed E-state index contributed by atoms with van der Waals surface area (Å²) in [6.45, 7) is 3.51. The highest BCUT2D eigenvalue weighted by atomic mass is 31.2. The Bertz CT molecular complexity index is 1040. The monoisotopic (exact) mass is 814 g/mol. The molecule has 10 nitrogen and oxygen atoms in total. The predicted octanol–water partition coefficient (Wildman–Crippen LogP) is 11.9. The van der Waals surface area contributed by atoms with Crippen molar-refractivity contribution >= 4 is 19.8 Å². The van der Waals surface area contributed by atoms with Gasteiger partial charge in [-0.05, 0) is 32.1 Å². The molecule has 0 amide bonds. The number of hydrogen-bond acceptors (Lipinski definition) is 9. The molecule has 0 rings (SSSR count). The van der Waals surface area contributed by atoms with Gasteiger partial charge >= 0.3 is 19.8 Å². The largest absolute Gasteiger partial charge is 0.472 e. The van der Waals surface area contributed by atoms with Crippen molar-refractivity contribution in [1.82, 2.24) is 0 Å². The van der Waals surface area contributed by atoms with E-state index < -0.39 is 38.6 Å². The number of nitrogens with two attached hydrogens (primary N) is 1. The van der Waals surface area contributed by atoms with E-state index in [0.717, 1.165) is 57.8 Å². The maximum atomic E-state index is 12.6. The molecule has 0 aliphatic heterocycles. The van der Waals surface area contributed by atoms with E-state index in [1.807, 2.05) is 12.2 Å². The summed E-state index contributed by atoms with van der Waals surface area (Å²) in [7, 11) is -4.40. The Kier molecular flexibility index (Phi) is 40.0. The molecule has 0 heterocycles. The zero-order valence-electron chi connectivity index (χ0n) is 35.7. The summed E-state index contributed by atoms with van der Waals surface area (Å²) in [5.41, 5.74) is 5.35. The minimum absolute atomic E-state index is 0.0398. The minimum atomic E-state index is -4.40. The van der Waals surface area contributed by atoms with Crippen LogP contribution in [0, 0.1) is 0 Å². The summed E-state index contributed by atoms with van der Waals surface area (Å²) in [5.74, 6) is -0.899. The molecule has 2 unspecified atom stereocenters. The van der Waals surface area contributed by atoms with Gasteiger partial charge in [0.05, 0.1) is 19.3 Å². The number of rotatable bonds is 42. The fraction of sp³-hybridized carbons (Fsp3) is 0.822. The van der Waals surface area contributed by atoms with Gasteiger partial charge in [0, 0.05) is 19.4 Å². The van der Waals surface area contributed by atoms with Crippen LogP contribution >= 0.6 is 7.82 Å². The molecule has 11 heteroatoms.